The molecule has 13 heavy (non-hydrogen) atoms. The predicted octanol–water partition coefficient (Wildman–Crippen LogP) is 0.825. The Morgan fingerprint density at radius 2 is 2.23 bits per heavy atom. The normalized spacial score (nSPS) is 19.4. The van der Waals surface area contributed by atoms with Crippen molar-refractivity contribution >= 4 is 0 Å². The van der Waals surface area contributed by atoms with E-state index in [1.807, 2.05) is 0 Å². The molecule has 1 aliphatic rings. The molecule has 0 amide bonds. The van der Waals surface area contributed by atoms with E-state index >= 15 is 0 Å². The third kappa shape index (κ3) is 1.21. The number of rotatable bonds is 3. The molecule has 72 valence electrons. The minimum Gasteiger partial charge on any atom is -0.338 e. The van der Waals surface area contributed by atoms with E-state index in [2.05, 4.69) is 10.1 Å². The van der Waals surface area contributed by atoms with E-state index in [-0.39, 0.29) is 18.3 Å². The van der Waals surface area contributed by atoms with Crippen LogP contribution in [0, 0.1) is 0 Å². The van der Waals surface area contributed by atoms with Crippen molar-refractivity contribution in [2.75, 3.05) is 0 Å². The van der Waals surface area contributed by atoms with E-state index in [1.165, 1.54) is 0 Å². The molecule has 0 unspecified atom stereocenters. The first kappa shape index (κ1) is 8.55. The molecule has 0 saturated heterocycles. The maximum Gasteiger partial charge on any atom is 0.252 e. The van der Waals surface area contributed by atoms with Crippen molar-refractivity contribution in [2.24, 2.45) is 5.73 Å². The van der Waals surface area contributed by atoms with Crippen molar-refractivity contribution in [1.82, 2.24) is 10.1 Å². The quantitative estimate of drug-likeness (QED) is 0.764. The second-order valence-electron chi connectivity index (χ2n) is 3.18. The van der Waals surface area contributed by atoms with E-state index in [0.29, 0.717) is 12.8 Å². The molecule has 0 spiro atoms. The van der Waals surface area contributed by atoms with Crippen molar-refractivity contribution in [3.63, 3.8) is 0 Å². The average Bonchev–Trinajstić information content (AvgIpc) is 2.79. The highest BCUT2D eigenvalue weighted by Crippen LogP contribution is 2.51. The van der Waals surface area contributed by atoms with E-state index in [1.54, 1.807) is 0 Å². The van der Waals surface area contributed by atoms with Crippen LogP contribution in [0.15, 0.2) is 4.52 Å². The van der Waals surface area contributed by atoms with Crippen LogP contribution in [0.1, 0.15) is 24.6 Å². The summed E-state index contributed by atoms with van der Waals surface area (Å²) in [5, 5.41) is 3.48. The molecule has 0 radical (unpaired) electrons. The molecule has 1 aromatic heterocycles. The lowest BCUT2D eigenvalue weighted by Gasteiger charge is -2.06. The van der Waals surface area contributed by atoms with Crippen molar-refractivity contribution in [3.05, 3.63) is 11.7 Å². The summed E-state index contributed by atoms with van der Waals surface area (Å²) >= 11 is 0. The smallest absolute Gasteiger partial charge is 0.252 e. The van der Waals surface area contributed by atoms with E-state index in [4.69, 9.17) is 10.3 Å². The fraction of sp³-hybridized carbons (Fsp3) is 0.714. The fourth-order valence-corrected chi connectivity index (χ4v) is 1.20. The van der Waals surface area contributed by atoms with Crippen LogP contribution < -0.4 is 5.73 Å². The number of hydrogen-bond donors (Lipinski definition) is 1. The lowest BCUT2D eigenvalue weighted by atomic mass is 10.1. The summed E-state index contributed by atoms with van der Waals surface area (Å²) in [5.74, 6) is 0.310. The Kier molecular flexibility index (Phi) is 1.80. The van der Waals surface area contributed by atoms with Crippen molar-refractivity contribution < 1.29 is 13.3 Å². The number of nitrogens with zero attached hydrogens (tertiary/aromatic N) is 2. The van der Waals surface area contributed by atoms with Crippen molar-refractivity contribution in [3.8, 4) is 0 Å². The first-order chi connectivity index (χ1) is 6.19. The summed E-state index contributed by atoms with van der Waals surface area (Å²) in [6.45, 7) is 0.114. The van der Waals surface area contributed by atoms with Gasteiger partial charge in [0, 0.05) is 0 Å². The first-order valence-electron chi connectivity index (χ1n) is 4.00. The summed E-state index contributed by atoms with van der Waals surface area (Å²) < 4.78 is 29.8. The van der Waals surface area contributed by atoms with Crippen LogP contribution in [0.25, 0.3) is 0 Å². The number of hydrogen-bond acceptors (Lipinski definition) is 4. The highest BCUT2D eigenvalue weighted by Gasteiger charge is 2.57. The summed E-state index contributed by atoms with van der Waals surface area (Å²) in [4.78, 5) is 3.80. The SMILES string of the molecule is NCc1noc(C2(C(F)F)CC2)n1. The second-order valence-corrected chi connectivity index (χ2v) is 3.18. The maximum atomic E-state index is 12.5. The highest BCUT2D eigenvalue weighted by molar-refractivity contribution is 5.17. The molecule has 0 aromatic carbocycles. The molecule has 0 atom stereocenters. The Labute approximate surface area is 73.1 Å². The van der Waals surface area contributed by atoms with Gasteiger partial charge >= 0.3 is 0 Å². The molecule has 1 aromatic rings. The van der Waals surface area contributed by atoms with Crippen LogP contribution in [-0.4, -0.2) is 16.6 Å². The van der Waals surface area contributed by atoms with Crippen LogP contribution in [0.3, 0.4) is 0 Å². The molecular weight excluding hydrogens is 180 g/mol. The Hall–Kier alpha value is -1.04. The minimum absolute atomic E-state index is 0.0305. The molecule has 1 aliphatic carbocycles. The number of halogens is 2. The minimum atomic E-state index is -2.43. The van der Waals surface area contributed by atoms with Crippen LogP contribution in [0.4, 0.5) is 8.78 Å². The topological polar surface area (TPSA) is 64.9 Å². The Morgan fingerprint density at radius 3 is 2.62 bits per heavy atom. The monoisotopic (exact) mass is 189 g/mol. The molecule has 2 N–H and O–H groups in total. The number of nitrogens with two attached hydrogens (primary N) is 1. The van der Waals surface area contributed by atoms with Gasteiger partial charge in [-0.15, -0.1) is 0 Å². The second kappa shape index (κ2) is 2.73. The fourth-order valence-electron chi connectivity index (χ4n) is 1.20. The largest absolute Gasteiger partial charge is 0.338 e. The Balaban J connectivity index is 2.25. The van der Waals surface area contributed by atoms with Gasteiger partial charge in [-0.1, -0.05) is 5.16 Å². The van der Waals surface area contributed by atoms with Gasteiger partial charge in [0.25, 0.3) is 6.43 Å². The molecule has 0 aliphatic heterocycles. The van der Waals surface area contributed by atoms with Gasteiger partial charge in [0.15, 0.2) is 5.82 Å². The first-order valence-corrected chi connectivity index (χ1v) is 4.00. The standard InChI is InChI=1S/C7H9F2N3O/c8-5(9)7(1-2-7)6-11-4(3-10)12-13-6/h5H,1-3,10H2. The van der Waals surface area contributed by atoms with Gasteiger partial charge in [0.2, 0.25) is 5.89 Å². The van der Waals surface area contributed by atoms with Crippen LogP contribution in [-0.2, 0) is 12.0 Å². The summed E-state index contributed by atoms with van der Waals surface area (Å²) in [6, 6.07) is 0. The molecule has 1 fully saturated rings. The molecule has 6 heteroatoms. The molecular formula is C7H9F2N3O. The van der Waals surface area contributed by atoms with Crippen molar-refractivity contribution in [2.45, 2.75) is 31.2 Å². The summed E-state index contributed by atoms with van der Waals surface area (Å²) in [5.41, 5.74) is 4.06. The van der Waals surface area contributed by atoms with Gasteiger partial charge in [-0.2, -0.15) is 4.98 Å². The van der Waals surface area contributed by atoms with E-state index in [0.717, 1.165) is 0 Å². The lowest BCUT2D eigenvalue weighted by molar-refractivity contribution is 0.0847. The van der Waals surface area contributed by atoms with Gasteiger partial charge in [-0.3, -0.25) is 0 Å². The lowest BCUT2D eigenvalue weighted by Crippen LogP contribution is -2.17. The van der Waals surface area contributed by atoms with Gasteiger partial charge in [-0.25, -0.2) is 8.78 Å². The molecule has 2 rings (SSSR count). The third-order valence-corrected chi connectivity index (χ3v) is 2.28. The van der Waals surface area contributed by atoms with Crippen LogP contribution in [0.2, 0.25) is 0 Å². The maximum absolute atomic E-state index is 12.5. The summed E-state index contributed by atoms with van der Waals surface area (Å²) in [6.07, 6.45) is -1.60. The summed E-state index contributed by atoms with van der Waals surface area (Å²) in [7, 11) is 0. The van der Waals surface area contributed by atoms with Gasteiger partial charge < -0.3 is 10.3 Å². The zero-order chi connectivity index (χ0) is 9.47. The average molecular weight is 189 g/mol. The highest BCUT2D eigenvalue weighted by atomic mass is 19.3. The zero-order valence-electron chi connectivity index (χ0n) is 6.83. The van der Waals surface area contributed by atoms with Crippen LogP contribution >= 0.6 is 0 Å². The zero-order valence-corrected chi connectivity index (χ0v) is 6.83. The van der Waals surface area contributed by atoms with Gasteiger partial charge in [0.1, 0.15) is 5.41 Å². The molecule has 1 heterocycles. The van der Waals surface area contributed by atoms with Crippen LogP contribution in [0.5, 0.6) is 0 Å². The molecule has 4 nitrogen and oxygen atoms in total. The van der Waals surface area contributed by atoms with E-state index in [9.17, 15) is 8.78 Å². The van der Waals surface area contributed by atoms with E-state index < -0.39 is 11.8 Å². The Bertz CT molecular complexity index is 308. The number of aromatic nitrogens is 2. The molecule has 1 saturated carbocycles. The third-order valence-electron chi connectivity index (χ3n) is 2.28. The number of alkyl halides is 2. The van der Waals surface area contributed by atoms with Crippen molar-refractivity contribution in [1.29, 1.82) is 0 Å². The van der Waals surface area contributed by atoms with Gasteiger partial charge in [0.05, 0.1) is 6.54 Å². The molecule has 0 bridgehead atoms. The van der Waals surface area contributed by atoms with Gasteiger partial charge in [-0.05, 0) is 12.8 Å². The predicted molar refractivity (Wildman–Crippen MR) is 39.1 cm³/mol. The Morgan fingerprint density at radius 1 is 1.54 bits per heavy atom.